The van der Waals surface area contributed by atoms with Gasteiger partial charge in [-0.1, -0.05) is 58.4 Å². The van der Waals surface area contributed by atoms with Crippen molar-refractivity contribution in [1.82, 2.24) is 0 Å². The van der Waals surface area contributed by atoms with Crippen molar-refractivity contribution in [3.05, 3.63) is 65.2 Å². The molecular weight excluding hydrogens is 326 g/mol. The summed E-state index contributed by atoms with van der Waals surface area (Å²) in [5, 5.41) is 2.95. The summed E-state index contributed by atoms with van der Waals surface area (Å²) >= 11 is 3.78. The first kappa shape index (κ1) is 14.3. The van der Waals surface area contributed by atoms with Crippen molar-refractivity contribution in [3.63, 3.8) is 0 Å². The summed E-state index contributed by atoms with van der Waals surface area (Å²) in [7, 11) is 0. The Kier molecular flexibility index (Phi) is 3.62. The molecule has 0 spiro atoms. The molecule has 1 heterocycles. The molecule has 0 bridgehead atoms. The summed E-state index contributed by atoms with van der Waals surface area (Å²) in [6.07, 6.45) is 0.932. The Labute approximate surface area is 133 Å². The highest BCUT2D eigenvalue weighted by Crippen LogP contribution is 2.40. The van der Waals surface area contributed by atoms with Crippen LogP contribution >= 0.6 is 15.9 Å². The van der Waals surface area contributed by atoms with Crippen LogP contribution in [0.15, 0.2) is 48.5 Å². The molecule has 1 amide bonds. The fourth-order valence-corrected chi connectivity index (χ4v) is 3.38. The summed E-state index contributed by atoms with van der Waals surface area (Å²) < 4.78 is 0. The second-order valence-corrected chi connectivity index (χ2v) is 7.15. The molecule has 2 aromatic carbocycles. The van der Waals surface area contributed by atoms with Gasteiger partial charge in [0.05, 0.1) is 5.41 Å². The Hall–Kier alpha value is -1.61. The second kappa shape index (κ2) is 5.30. The van der Waals surface area contributed by atoms with Gasteiger partial charge in [0.1, 0.15) is 0 Å². The van der Waals surface area contributed by atoms with E-state index in [0.29, 0.717) is 0 Å². The highest BCUT2D eigenvalue weighted by molar-refractivity contribution is 9.09. The molecule has 0 fully saturated rings. The molecular formula is C18H18BrNO. The zero-order valence-electron chi connectivity index (χ0n) is 12.2. The average Bonchev–Trinajstić information content (AvgIpc) is 2.70. The minimum atomic E-state index is -0.454. The zero-order chi connectivity index (χ0) is 15.0. The van der Waals surface area contributed by atoms with E-state index in [1.807, 2.05) is 26.0 Å². The molecule has 3 heteroatoms. The monoisotopic (exact) mass is 343 g/mol. The van der Waals surface area contributed by atoms with Gasteiger partial charge in [-0.3, -0.25) is 4.79 Å². The molecule has 0 saturated carbocycles. The van der Waals surface area contributed by atoms with Crippen LogP contribution in [0, 0.1) is 0 Å². The van der Waals surface area contributed by atoms with Gasteiger partial charge in [0, 0.05) is 10.5 Å². The fourth-order valence-electron chi connectivity index (χ4n) is 2.72. The van der Waals surface area contributed by atoms with Crippen LogP contribution in [0.25, 0.3) is 0 Å². The summed E-state index contributed by atoms with van der Waals surface area (Å²) in [6, 6.07) is 16.7. The molecule has 1 unspecified atom stereocenters. The third kappa shape index (κ3) is 2.62. The van der Waals surface area contributed by atoms with Crippen molar-refractivity contribution >= 4 is 27.5 Å². The molecule has 1 aliphatic heterocycles. The molecule has 1 N–H and O–H groups in total. The van der Waals surface area contributed by atoms with E-state index in [2.05, 4.69) is 57.6 Å². The number of anilines is 1. The molecule has 3 rings (SSSR count). The lowest BCUT2D eigenvalue weighted by atomic mass is 9.85. The van der Waals surface area contributed by atoms with E-state index >= 15 is 0 Å². The molecule has 2 aromatic rings. The minimum absolute atomic E-state index is 0.0730. The van der Waals surface area contributed by atoms with Gasteiger partial charge in [0.15, 0.2) is 0 Å². The molecule has 0 aromatic heterocycles. The maximum Gasteiger partial charge on any atom is 0.234 e. The number of carbonyl (C=O) groups excluding carboxylic acids is 1. The largest absolute Gasteiger partial charge is 0.325 e. The normalized spacial score (nSPS) is 17.2. The third-order valence-electron chi connectivity index (χ3n) is 4.15. The summed E-state index contributed by atoms with van der Waals surface area (Å²) in [4.78, 5) is 12.2. The van der Waals surface area contributed by atoms with Crippen LogP contribution in [0.3, 0.4) is 0 Å². The summed E-state index contributed by atoms with van der Waals surface area (Å²) in [5.41, 5.74) is 4.08. The van der Waals surface area contributed by atoms with Gasteiger partial charge in [0.2, 0.25) is 5.91 Å². The third-order valence-corrected chi connectivity index (χ3v) is 5.00. The standard InChI is InChI=1S/C18H18BrNO/c1-18(2)14-11-13(8-9-16(14)20-17(18)21)15(19)10-12-6-4-3-5-7-12/h3-9,11,15H,10H2,1-2H3,(H,20,21). The molecule has 1 atom stereocenters. The van der Waals surface area contributed by atoms with Gasteiger partial charge < -0.3 is 5.32 Å². The number of halogens is 1. The van der Waals surface area contributed by atoms with Gasteiger partial charge in [-0.2, -0.15) is 0 Å². The smallest absolute Gasteiger partial charge is 0.234 e. The second-order valence-electron chi connectivity index (χ2n) is 6.04. The highest BCUT2D eigenvalue weighted by Gasteiger charge is 2.38. The maximum absolute atomic E-state index is 12.0. The van der Waals surface area contributed by atoms with Crippen molar-refractivity contribution in [3.8, 4) is 0 Å². The van der Waals surface area contributed by atoms with Crippen molar-refractivity contribution in [2.45, 2.75) is 30.5 Å². The van der Waals surface area contributed by atoms with Gasteiger partial charge >= 0.3 is 0 Å². The summed E-state index contributed by atoms with van der Waals surface area (Å²) in [6.45, 7) is 3.94. The van der Waals surface area contributed by atoms with E-state index < -0.39 is 5.41 Å². The van der Waals surface area contributed by atoms with Crippen molar-refractivity contribution < 1.29 is 4.79 Å². The van der Waals surface area contributed by atoms with E-state index in [1.165, 1.54) is 11.1 Å². The van der Waals surface area contributed by atoms with Crippen LogP contribution in [-0.2, 0) is 16.6 Å². The number of hydrogen-bond donors (Lipinski definition) is 1. The quantitative estimate of drug-likeness (QED) is 0.811. The van der Waals surface area contributed by atoms with E-state index in [-0.39, 0.29) is 10.7 Å². The van der Waals surface area contributed by atoms with Crippen LogP contribution in [0.1, 0.15) is 35.4 Å². The number of hydrogen-bond acceptors (Lipinski definition) is 1. The fraction of sp³-hybridized carbons (Fsp3) is 0.278. The lowest BCUT2D eigenvalue weighted by molar-refractivity contribution is -0.119. The van der Waals surface area contributed by atoms with E-state index in [1.54, 1.807) is 0 Å². The minimum Gasteiger partial charge on any atom is -0.325 e. The Balaban J connectivity index is 1.88. The molecule has 2 nitrogen and oxygen atoms in total. The lowest BCUT2D eigenvalue weighted by Crippen LogP contribution is -2.26. The van der Waals surface area contributed by atoms with Gasteiger partial charge in [-0.15, -0.1) is 0 Å². The Bertz CT molecular complexity index is 679. The Morgan fingerprint density at radius 2 is 1.86 bits per heavy atom. The number of fused-ring (bicyclic) bond motifs is 1. The van der Waals surface area contributed by atoms with Crippen LogP contribution < -0.4 is 5.32 Å². The van der Waals surface area contributed by atoms with Crippen LogP contribution in [-0.4, -0.2) is 5.91 Å². The van der Waals surface area contributed by atoms with Crippen LogP contribution in [0.5, 0.6) is 0 Å². The average molecular weight is 344 g/mol. The SMILES string of the molecule is CC1(C)C(=O)Nc2ccc(C(Br)Cc3ccccc3)cc21. The first-order chi connectivity index (χ1) is 9.98. The molecule has 0 radical (unpaired) electrons. The topological polar surface area (TPSA) is 29.1 Å². The maximum atomic E-state index is 12.0. The number of alkyl halides is 1. The summed E-state index contributed by atoms with van der Waals surface area (Å²) in [5.74, 6) is 0.0730. The molecule has 21 heavy (non-hydrogen) atoms. The van der Waals surface area contributed by atoms with Crippen molar-refractivity contribution in [2.75, 3.05) is 5.32 Å². The van der Waals surface area contributed by atoms with E-state index in [4.69, 9.17) is 0 Å². The predicted octanol–water partition coefficient (Wildman–Crippen LogP) is 4.60. The number of nitrogens with one attached hydrogen (secondary N) is 1. The molecule has 108 valence electrons. The predicted molar refractivity (Wildman–Crippen MR) is 89.9 cm³/mol. The highest BCUT2D eigenvalue weighted by atomic mass is 79.9. The van der Waals surface area contributed by atoms with Crippen molar-refractivity contribution in [1.29, 1.82) is 0 Å². The molecule has 1 aliphatic rings. The Morgan fingerprint density at radius 1 is 1.14 bits per heavy atom. The first-order valence-corrected chi connectivity index (χ1v) is 8.04. The van der Waals surface area contributed by atoms with Crippen LogP contribution in [0.2, 0.25) is 0 Å². The molecule has 0 saturated heterocycles. The number of amides is 1. The zero-order valence-corrected chi connectivity index (χ0v) is 13.8. The van der Waals surface area contributed by atoms with Gasteiger partial charge in [-0.25, -0.2) is 0 Å². The number of carbonyl (C=O) groups is 1. The van der Waals surface area contributed by atoms with Crippen LogP contribution in [0.4, 0.5) is 5.69 Å². The van der Waals surface area contributed by atoms with E-state index in [0.717, 1.165) is 17.7 Å². The lowest BCUT2D eigenvalue weighted by Gasteiger charge is -2.17. The Morgan fingerprint density at radius 3 is 2.57 bits per heavy atom. The van der Waals surface area contributed by atoms with Gasteiger partial charge in [0.25, 0.3) is 0 Å². The number of rotatable bonds is 3. The number of benzene rings is 2. The first-order valence-electron chi connectivity index (χ1n) is 7.12. The molecule has 0 aliphatic carbocycles. The van der Waals surface area contributed by atoms with Gasteiger partial charge in [-0.05, 0) is 43.0 Å². The van der Waals surface area contributed by atoms with E-state index in [9.17, 15) is 4.79 Å². The van der Waals surface area contributed by atoms with Crippen molar-refractivity contribution in [2.24, 2.45) is 0 Å².